The minimum atomic E-state index is -0.901. The molecule has 1 saturated heterocycles. The zero-order chi connectivity index (χ0) is 15.6. The fourth-order valence-electron chi connectivity index (χ4n) is 2.18. The third kappa shape index (κ3) is 3.17. The third-order valence-electron chi connectivity index (χ3n) is 3.27. The van der Waals surface area contributed by atoms with E-state index in [1.54, 1.807) is 0 Å². The van der Waals surface area contributed by atoms with Gasteiger partial charge in [-0.2, -0.15) is 0 Å². The lowest BCUT2D eigenvalue weighted by Crippen LogP contribution is -2.35. The van der Waals surface area contributed by atoms with Crippen LogP contribution in [0.4, 0.5) is 0 Å². The molecule has 0 saturated carbocycles. The summed E-state index contributed by atoms with van der Waals surface area (Å²) >= 11 is 0. The maximum atomic E-state index is 11.8. The van der Waals surface area contributed by atoms with Gasteiger partial charge in [-0.3, -0.25) is 19.4 Å². The molecule has 21 heavy (non-hydrogen) atoms. The van der Waals surface area contributed by atoms with Crippen LogP contribution in [0.1, 0.15) is 18.2 Å². The Hall–Kier alpha value is -2.04. The highest BCUT2D eigenvalue weighted by Crippen LogP contribution is 2.27. The predicted molar refractivity (Wildman–Crippen MR) is 70.2 cm³/mol. The first kappa shape index (κ1) is 15.4. The lowest BCUT2D eigenvalue weighted by atomic mass is 10.2. The molecule has 0 aliphatic carbocycles. The van der Waals surface area contributed by atoms with Crippen LogP contribution < -0.4 is 11.2 Å². The van der Waals surface area contributed by atoms with Crippen LogP contribution in [0.25, 0.3) is 0 Å². The zero-order valence-corrected chi connectivity index (χ0v) is 11.3. The van der Waals surface area contributed by atoms with Crippen LogP contribution in [0.3, 0.4) is 0 Å². The molecular weight excluding hydrogens is 284 g/mol. The normalized spacial score (nSPS) is 25.0. The van der Waals surface area contributed by atoms with Gasteiger partial charge in [-0.15, -0.1) is 4.91 Å². The van der Waals surface area contributed by atoms with Crippen molar-refractivity contribution in [2.75, 3.05) is 13.7 Å². The lowest BCUT2D eigenvalue weighted by molar-refractivity contribution is -0.0460. The molecule has 1 aliphatic heterocycles. The van der Waals surface area contributed by atoms with Gasteiger partial charge in [0.2, 0.25) is 0 Å². The molecule has 1 aromatic rings. The van der Waals surface area contributed by atoms with Crippen LogP contribution >= 0.6 is 0 Å². The van der Waals surface area contributed by atoms with E-state index in [1.165, 1.54) is 13.2 Å². The van der Waals surface area contributed by atoms with Gasteiger partial charge in [-0.1, -0.05) is 0 Å². The van der Waals surface area contributed by atoms with E-state index >= 15 is 0 Å². The maximum absolute atomic E-state index is 11.8. The highest BCUT2D eigenvalue weighted by Gasteiger charge is 2.35. The molecule has 2 heterocycles. The monoisotopic (exact) mass is 300 g/mol. The van der Waals surface area contributed by atoms with Crippen LogP contribution in [0.15, 0.2) is 21.1 Å². The molecule has 0 bridgehead atoms. The van der Waals surface area contributed by atoms with Gasteiger partial charge in [-0.25, -0.2) is 4.79 Å². The fourth-order valence-corrected chi connectivity index (χ4v) is 2.18. The summed E-state index contributed by atoms with van der Waals surface area (Å²) in [5.74, 6) is 0. The van der Waals surface area contributed by atoms with Crippen LogP contribution in [-0.2, 0) is 11.3 Å². The lowest BCUT2D eigenvalue weighted by Gasteiger charge is -2.16. The van der Waals surface area contributed by atoms with Gasteiger partial charge in [0, 0.05) is 19.7 Å². The van der Waals surface area contributed by atoms with Gasteiger partial charge in [-0.05, 0) is 0 Å². The first-order chi connectivity index (χ1) is 9.96. The Balaban J connectivity index is 2.32. The summed E-state index contributed by atoms with van der Waals surface area (Å²) in [6, 6.07) is 0. The molecule has 10 nitrogen and oxygen atoms in total. The number of rotatable bonds is 5. The van der Waals surface area contributed by atoms with Gasteiger partial charge >= 0.3 is 5.69 Å². The van der Waals surface area contributed by atoms with Gasteiger partial charge in [0.25, 0.3) is 5.56 Å². The summed E-state index contributed by atoms with van der Waals surface area (Å²) in [5, 5.41) is 22.4. The van der Waals surface area contributed by atoms with Crippen molar-refractivity contribution >= 4 is 0 Å². The number of aliphatic hydroxyl groups excluding tert-OH is 2. The number of nitrogens with zero attached hydrogens (tertiary/aromatic N) is 3. The fraction of sp³-hybridized carbons (Fsp3) is 0.636. The minimum Gasteiger partial charge on any atom is -0.394 e. The summed E-state index contributed by atoms with van der Waals surface area (Å²) < 4.78 is 6.48. The quantitative estimate of drug-likeness (QED) is 0.435. The Kier molecular flexibility index (Phi) is 4.50. The van der Waals surface area contributed by atoms with E-state index in [0.29, 0.717) is 0 Å². The van der Waals surface area contributed by atoms with E-state index in [4.69, 9.17) is 9.84 Å². The van der Waals surface area contributed by atoms with Crippen molar-refractivity contribution in [3.05, 3.63) is 37.5 Å². The molecular formula is C11H16N4O6. The Morgan fingerprint density at radius 2 is 2.29 bits per heavy atom. The number of hydrogen-bond acceptors (Lipinski definition) is 7. The van der Waals surface area contributed by atoms with Crippen molar-refractivity contribution in [2.24, 2.45) is 5.29 Å². The molecule has 10 heteroatoms. The topological polar surface area (TPSA) is 137 Å². The number of hydrogen-bond donors (Lipinski definition) is 3. The second-order valence-corrected chi connectivity index (χ2v) is 4.83. The standard InChI is InChI=1S/C11H16N4O6/c1-14(13-20)3-6-4-15(11(19)12-10(6)18)9-2-7(17)8(5-16)21-9/h4,7-9,16-17H,2-3,5H2,1H3,(H,12,18,19)/t7-,8-,9-/m0/s1. The molecule has 1 aromatic heterocycles. The summed E-state index contributed by atoms with van der Waals surface area (Å²) in [4.78, 5) is 36.0. The summed E-state index contributed by atoms with van der Waals surface area (Å²) in [5.41, 5.74) is -1.16. The van der Waals surface area contributed by atoms with Crippen molar-refractivity contribution < 1.29 is 14.9 Å². The van der Waals surface area contributed by atoms with E-state index in [2.05, 4.69) is 10.3 Å². The number of aliphatic hydroxyl groups is 2. The van der Waals surface area contributed by atoms with Gasteiger partial charge in [0.15, 0.2) is 0 Å². The maximum Gasteiger partial charge on any atom is 0.330 e. The molecule has 2 rings (SSSR count). The third-order valence-corrected chi connectivity index (χ3v) is 3.27. The second kappa shape index (κ2) is 6.16. The Morgan fingerprint density at radius 1 is 1.57 bits per heavy atom. The Bertz CT molecular complexity index is 626. The summed E-state index contributed by atoms with van der Waals surface area (Å²) in [7, 11) is 1.39. The predicted octanol–water partition coefficient (Wildman–Crippen LogP) is -1.71. The minimum absolute atomic E-state index is 0.0716. The highest BCUT2D eigenvalue weighted by atomic mass is 16.5. The molecule has 0 radical (unpaired) electrons. The van der Waals surface area contributed by atoms with Crippen molar-refractivity contribution in [1.82, 2.24) is 14.6 Å². The zero-order valence-electron chi connectivity index (χ0n) is 11.3. The summed E-state index contributed by atoms with van der Waals surface area (Å²) in [6.45, 7) is -0.446. The first-order valence-corrected chi connectivity index (χ1v) is 6.29. The molecule has 0 unspecified atom stereocenters. The first-order valence-electron chi connectivity index (χ1n) is 6.29. The van der Waals surface area contributed by atoms with Crippen molar-refractivity contribution in [1.29, 1.82) is 0 Å². The molecule has 0 spiro atoms. The molecule has 3 atom stereocenters. The average Bonchev–Trinajstić information content (AvgIpc) is 2.82. The van der Waals surface area contributed by atoms with Crippen molar-refractivity contribution in [2.45, 2.75) is 31.4 Å². The van der Waals surface area contributed by atoms with Crippen LogP contribution in [0.5, 0.6) is 0 Å². The van der Waals surface area contributed by atoms with Crippen molar-refractivity contribution in [3.8, 4) is 0 Å². The number of aromatic amines is 1. The molecule has 0 amide bonds. The second-order valence-electron chi connectivity index (χ2n) is 4.83. The van der Waals surface area contributed by atoms with E-state index in [-0.39, 0.29) is 25.1 Å². The SMILES string of the molecule is CN(Cc1cn([C@@H]2C[C@H](O)[C@H](CO)O2)c(=O)[nH]c1=O)N=O. The molecule has 1 fully saturated rings. The van der Waals surface area contributed by atoms with Gasteiger partial charge in [0.05, 0.1) is 30.1 Å². The average molecular weight is 300 g/mol. The molecule has 3 N–H and O–H groups in total. The van der Waals surface area contributed by atoms with E-state index in [9.17, 15) is 19.6 Å². The van der Waals surface area contributed by atoms with Crippen LogP contribution in [0.2, 0.25) is 0 Å². The van der Waals surface area contributed by atoms with E-state index < -0.39 is 29.7 Å². The molecule has 116 valence electrons. The largest absolute Gasteiger partial charge is 0.394 e. The Morgan fingerprint density at radius 3 is 2.86 bits per heavy atom. The number of H-pyrrole nitrogens is 1. The van der Waals surface area contributed by atoms with Crippen LogP contribution in [-0.4, -0.2) is 50.6 Å². The molecule has 1 aliphatic rings. The number of aromatic nitrogens is 2. The van der Waals surface area contributed by atoms with Crippen molar-refractivity contribution in [3.63, 3.8) is 0 Å². The van der Waals surface area contributed by atoms with E-state index in [0.717, 1.165) is 9.58 Å². The summed E-state index contributed by atoms with van der Waals surface area (Å²) in [6.07, 6.45) is -1.11. The number of nitrogens with one attached hydrogen (secondary N) is 1. The smallest absolute Gasteiger partial charge is 0.330 e. The molecule has 0 aromatic carbocycles. The van der Waals surface area contributed by atoms with Gasteiger partial charge < -0.3 is 14.9 Å². The number of nitroso groups, excluding NO2 is 1. The van der Waals surface area contributed by atoms with Gasteiger partial charge in [0.1, 0.15) is 12.3 Å². The number of ether oxygens (including phenoxy) is 1. The van der Waals surface area contributed by atoms with Crippen LogP contribution in [0, 0.1) is 4.91 Å². The Labute approximate surface area is 118 Å². The van der Waals surface area contributed by atoms with E-state index in [1.807, 2.05) is 0 Å². The highest BCUT2D eigenvalue weighted by molar-refractivity contribution is 5.05.